The Morgan fingerprint density at radius 1 is 1.04 bits per heavy atom. The quantitative estimate of drug-likeness (QED) is 0.557. The minimum atomic E-state index is 0.714. The summed E-state index contributed by atoms with van der Waals surface area (Å²) in [6.07, 6.45) is 1.58. The first kappa shape index (κ1) is 16.1. The molecule has 0 spiro atoms. The third-order valence-corrected chi connectivity index (χ3v) is 4.39. The van der Waals surface area contributed by atoms with E-state index in [0.29, 0.717) is 6.54 Å². The highest BCUT2D eigenvalue weighted by Gasteiger charge is 2.10. The van der Waals surface area contributed by atoms with E-state index < -0.39 is 0 Å². The molecule has 0 saturated carbocycles. The molecule has 0 unspecified atom stereocenters. The highest BCUT2D eigenvalue weighted by Crippen LogP contribution is 2.28. The van der Waals surface area contributed by atoms with Gasteiger partial charge in [0.1, 0.15) is 23.5 Å². The number of benzene rings is 2. The predicted molar refractivity (Wildman–Crippen MR) is 104 cm³/mol. The van der Waals surface area contributed by atoms with E-state index in [4.69, 9.17) is 4.74 Å². The van der Waals surface area contributed by atoms with Gasteiger partial charge in [-0.25, -0.2) is 9.97 Å². The fourth-order valence-corrected chi connectivity index (χ4v) is 2.92. The summed E-state index contributed by atoms with van der Waals surface area (Å²) in [7, 11) is 1.67. The minimum Gasteiger partial charge on any atom is -0.497 e. The molecule has 5 nitrogen and oxygen atoms in total. The Balaban J connectivity index is 1.63. The third-order valence-electron chi connectivity index (χ3n) is 4.39. The number of anilines is 1. The van der Waals surface area contributed by atoms with Crippen LogP contribution in [0.4, 0.5) is 5.82 Å². The molecule has 0 radical (unpaired) electrons. The Bertz CT molecular complexity index is 1040. The highest BCUT2D eigenvalue weighted by molar-refractivity contribution is 5.91. The summed E-state index contributed by atoms with van der Waals surface area (Å²) in [5.41, 5.74) is 5.31. The van der Waals surface area contributed by atoms with Crippen molar-refractivity contribution in [3.63, 3.8) is 0 Å². The Morgan fingerprint density at radius 2 is 1.88 bits per heavy atom. The number of aromatic nitrogens is 3. The van der Waals surface area contributed by atoms with E-state index >= 15 is 0 Å². The molecule has 2 aromatic heterocycles. The van der Waals surface area contributed by atoms with Gasteiger partial charge < -0.3 is 15.0 Å². The van der Waals surface area contributed by atoms with Crippen molar-refractivity contribution in [2.75, 3.05) is 12.4 Å². The zero-order valence-corrected chi connectivity index (χ0v) is 14.8. The standard InChI is InChI=1S/C21H20N4O/c1-14-6-8-15(9-7-14)12-22-20-18-11-19(25-21(18)24-13-23-20)16-4-3-5-17(10-16)26-2/h3-11,13H,12H2,1-2H3,(H2,22,23,24,25). The van der Waals surface area contributed by atoms with Gasteiger partial charge >= 0.3 is 0 Å². The van der Waals surface area contributed by atoms with Gasteiger partial charge in [-0.15, -0.1) is 0 Å². The number of aryl methyl sites for hydroxylation is 1. The van der Waals surface area contributed by atoms with Gasteiger partial charge in [0.2, 0.25) is 0 Å². The molecule has 4 aromatic rings. The maximum absolute atomic E-state index is 5.32. The van der Waals surface area contributed by atoms with Crippen LogP contribution in [-0.2, 0) is 6.54 Å². The molecule has 2 aromatic carbocycles. The number of methoxy groups -OCH3 is 1. The van der Waals surface area contributed by atoms with Crippen molar-refractivity contribution in [3.8, 4) is 17.0 Å². The molecule has 0 aliphatic carbocycles. The average molecular weight is 344 g/mol. The molecular formula is C21H20N4O. The summed E-state index contributed by atoms with van der Waals surface area (Å²) in [6, 6.07) is 18.5. The van der Waals surface area contributed by atoms with Crippen molar-refractivity contribution in [1.29, 1.82) is 0 Å². The van der Waals surface area contributed by atoms with Gasteiger partial charge in [-0.3, -0.25) is 0 Å². The summed E-state index contributed by atoms with van der Waals surface area (Å²) < 4.78 is 5.32. The van der Waals surface area contributed by atoms with Crippen LogP contribution in [0.5, 0.6) is 5.75 Å². The lowest BCUT2D eigenvalue weighted by Crippen LogP contribution is -2.02. The molecule has 2 N–H and O–H groups in total. The first-order valence-corrected chi connectivity index (χ1v) is 8.50. The van der Waals surface area contributed by atoms with E-state index in [1.807, 2.05) is 24.3 Å². The Morgan fingerprint density at radius 3 is 2.69 bits per heavy atom. The molecule has 0 fully saturated rings. The van der Waals surface area contributed by atoms with Gasteiger partial charge in [-0.1, -0.05) is 42.0 Å². The van der Waals surface area contributed by atoms with Crippen molar-refractivity contribution in [2.45, 2.75) is 13.5 Å². The second-order valence-corrected chi connectivity index (χ2v) is 6.24. The van der Waals surface area contributed by atoms with E-state index in [9.17, 15) is 0 Å². The molecule has 5 heteroatoms. The Hall–Kier alpha value is -3.34. The monoisotopic (exact) mass is 344 g/mol. The number of hydrogen-bond donors (Lipinski definition) is 2. The molecule has 0 saturated heterocycles. The van der Waals surface area contributed by atoms with Crippen LogP contribution in [0.1, 0.15) is 11.1 Å². The van der Waals surface area contributed by atoms with Gasteiger partial charge in [0, 0.05) is 17.8 Å². The van der Waals surface area contributed by atoms with Crippen LogP contribution in [0.25, 0.3) is 22.3 Å². The van der Waals surface area contributed by atoms with Gasteiger partial charge in [-0.2, -0.15) is 0 Å². The molecular weight excluding hydrogens is 324 g/mol. The average Bonchev–Trinajstić information content (AvgIpc) is 3.12. The second kappa shape index (κ2) is 6.88. The Labute approximate surface area is 152 Å². The zero-order chi connectivity index (χ0) is 17.9. The summed E-state index contributed by atoms with van der Waals surface area (Å²) in [5.74, 6) is 1.64. The number of nitrogens with one attached hydrogen (secondary N) is 2. The van der Waals surface area contributed by atoms with Gasteiger partial charge in [0.15, 0.2) is 0 Å². The fraction of sp³-hybridized carbons (Fsp3) is 0.143. The summed E-state index contributed by atoms with van der Waals surface area (Å²) in [4.78, 5) is 12.1. The zero-order valence-electron chi connectivity index (χ0n) is 14.8. The van der Waals surface area contributed by atoms with Crippen LogP contribution in [-0.4, -0.2) is 22.1 Å². The topological polar surface area (TPSA) is 62.8 Å². The summed E-state index contributed by atoms with van der Waals surface area (Å²) in [5, 5.41) is 4.38. The van der Waals surface area contributed by atoms with Crippen molar-refractivity contribution in [1.82, 2.24) is 15.0 Å². The summed E-state index contributed by atoms with van der Waals surface area (Å²) in [6.45, 7) is 2.80. The smallest absolute Gasteiger partial charge is 0.143 e. The largest absolute Gasteiger partial charge is 0.497 e. The van der Waals surface area contributed by atoms with Crippen molar-refractivity contribution in [2.24, 2.45) is 0 Å². The minimum absolute atomic E-state index is 0.714. The Kier molecular flexibility index (Phi) is 4.27. The first-order chi connectivity index (χ1) is 12.7. The third kappa shape index (κ3) is 3.24. The molecule has 0 aliphatic heterocycles. The number of rotatable bonds is 5. The van der Waals surface area contributed by atoms with Crippen LogP contribution >= 0.6 is 0 Å². The fourth-order valence-electron chi connectivity index (χ4n) is 2.92. The lowest BCUT2D eigenvalue weighted by molar-refractivity contribution is 0.415. The molecule has 0 amide bonds. The van der Waals surface area contributed by atoms with Crippen molar-refractivity contribution >= 4 is 16.9 Å². The van der Waals surface area contributed by atoms with Gasteiger partial charge in [-0.05, 0) is 30.7 Å². The van der Waals surface area contributed by atoms with Crippen LogP contribution in [0.2, 0.25) is 0 Å². The van der Waals surface area contributed by atoms with Crippen LogP contribution in [0, 0.1) is 6.92 Å². The van der Waals surface area contributed by atoms with Crippen molar-refractivity contribution < 1.29 is 4.74 Å². The molecule has 2 heterocycles. The van der Waals surface area contributed by atoms with E-state index in [1.54, 1.807) is 13.4 Å². The maximum atomic E-state index is 5.32. The van der Waals surface area contributed by atoms with Gasteiger partial charge in [0.05, 0.1) is 12.5 Å². The van der Waals surface area contributed by atoms with Crippen LogP contribution < -0.4 is 10.1 Å². The first-order valence-electron chi connectivity index (χ1n) is 8.50. The number of nitrogens with zero attached hydrogens (tertiary/aromatic N) is 2. The SMILES string of the molecule is COc1cccc(-c2cc3c(NCc4ccc(C)cc4)ncnc3[nH]2)c1. The van der Waals surface area contributed by atoms with E-state index in [2.05, 4.69) is 57.5 Å². The molecule has 26 heavy (non-hydrogen) atoms. The van der Waals surface area contributed by atoms with E-state index in [1.165, 1.54) is 11.1 Å². The molecule has 4 rings (SSSR count). The normalized spacial score (nSPS) is 10.8. The summed E-state index contributed by atoms with van der Waals surface area (Å²) >= 11 is 0. The molecule has 0 bridgehead atoms. The van der Waals surface area contributed by atoms with Crippen LogP contribution in [0.3, 0.4) is 0 Å². The predicted octanol–water partition coefficient (Wildman–Crippen LogP) is 4.55. The van der Waals surface area contributed by atoms with Crippen molar-refractivity contribution in [3.05, 3.63) is 72.1 Å². The number of hydrogen-bond acceptors (Lipinski definition) is 4. The van der Waals surface area contributed by atoms with Crippen LogP contribution in [0.15, 0.2) is 60.9 Å². The molecule has 0 atom stereocenters. The number of fused-ring (bicyclic) bond motifs is 1. The molecule has 0 aliphatic rings. The lowest BCUT2D eigenvalue weighted by atomic mass is 10.1. The lowest BCUT2D eigenvalue weighted by Gasteiger charge is -2.06. The van der Waals surface area contributed by atoms with E-state index in [-0.39, 0.29) is 0 Å². The van der Waals surface area contributed by atoms with E-state index in [0.717, 1.165) is 33.9 Å². The molecule has 130 valence electrons. The second-order valence-electron chi connectivity index (χ2n) is 6.24. The number of ether oxygens (including phenoxy) is 1. The number of aromatic amines is 1. The van der Waals surface area contributed by atoms with Gasteiger partial charge in [0.25, 0.3) is 0 Å². The number of H-pyrrole nitrogens is 1. The highest BCUT2D eigenvalue weighted by atomic mass is 16.5. The maximum Gasteiger partial charge on any atom is 0.143 e.